The summed E-state index contributed by atoms with van der Waals surface area (Å²) in [5.41, 5.74) is 2.77. The number of anilines is 1. The van der Waals surface area contributed by atoms with Gasteiger partial charge in [-0.1, -0.05) is 13.0 Å². The molecule has 3 aromatic heterocycles. The maximum Gasteiger partial charge on any atom is 0.435 e. The SMILES string of the molecule is CCOC(=O)c1c(CC)ccc2nccc(N3CCc4c(cc(Cn5ccnc5)cc4-c4cn(C)nc4C(F)(F)F)C3=O)c12. The topological polar surface area (TPSA) is 95.1 Å². The highest BCUT2D eigenvalue weighted by Crippen LogP contribution is 2.41. The lowest BCUT2D eigenvalue weighted by molar-refractivity contribution is -0.141. The van der Waals surface area contributed by atoms with Gasteiger partial charge >= 0.3 is 12.1 Å². The highest BCUT2D eigenvalue weighted by Gasteiger charge is 2.39. The predicted molar refractivity (Wildman–Crippen MR) is 157 cm³/mol. The predicted octanol–water partition coefficient (Wildman–Crippen LogP) is 5.84. The van der Waals surface area contributed by atoms with Gasteiger partial charge in [0, 0.05) is 61.4 Å². The van der Waals surface area contributed by atoms with E-state index in [1.807, 2.05) is 19.1 Å². The number of esters is 1. The Morgan fingerprint density at radius 3 is 2.57 bits per heavy atom. The first-order chi connectivity index (χ1) is 21.1. The zero-order chi connectivity index (χ0) is 31.2. The Balaban J connectivity index is 1.54. The van der Waals surface area contributed by atoms with Gasteiger partial charge in [-0.05, 0) is 66.3 Å². The Kier molecular flexibility index (Phi) is 7.44. The van der Waals surface area contributed by atoms with Crippen LogP contribution in [0.15, 0.2) is 61.4 Å². The van der Waals surface area contributed by atoms with Gasteiger partial charge in [0.15, 0.2) is 5.69 Å². The molecule has 44 heavy (non-hydrogen) atoms. The van der Waals surface area contributed by atoms with Crippen molar-refractivity contribution in [1.29, 1.82) is 0 Å². The molecule has 12 heteroatoms. The molecule has 5 aromatic rings. The van der Waals surface area contributed by atoms with Crippen molar-refractivity contribution in [2.45, 2.75) is 39.4 Å². The number of alkyl halides is 3. The average molecular weight is 603 g/mol. The van der Waals surface area contributed by atoms with E-state index in [0.717, 1.165) is 10.2 Å². The summed E-state index contributed by atoms with van der Waals surface area (Å²) in [5.74, 6) is -0.892. The van der Waals surface area contributed by atoms with Crippen LogP contribution >= 0.6 is 0 Å². The Morgan fingerprint density at radius 2 is 1.86 bits per heavy atom. The van der Waals surface area contributed by atoms with Crippen LogP contribution < -0.4 is 4.90 Å². The van der Waals surface area contributed by atoms with Gasteiger partial charge in [0.05, 0.1) is 29.7 Å². The largest absolute Gasteiger partial charge is 0.462 e. The van der Waals surface area contributed by atoms with Crippen LogP contribution in [0.25, 0.3) is 22.0 Å². The number of fused-ring (bicyclic) bond motifs is 2. The molecule has 0 spiro atoms. The number of amides is 1. The van der Waals surface area contributed by atoms with Crippen molar-refractivity contribution in [3.63, 3.8) is 0 Å². The van der Waals surface area contributed by atoms with Crippen molar-refractivity contribution >= 4 is 28.5 Å². The van der Waals surface area contributed by atoms with Crippen LogP contribution in [0.5, 0.6) is 0 Å². The van der Waals surface area contributed by atoms with Gasteiger partial charge in [-0.15, -0.1) is 0 Å². The van der Waals surface area contributed by atoms with Crippen molar-refractivity contribution < 1.29 is 27.5 Å². The molecule has 0 bridgehead atoms. The number of carbonyl (C=O) groups is 2. The van der Waals surface area contributed by atoms with Crippen molar-refractivity contribution in [2.75, 3.05) is 18.1 Å². The van der Waals surface area contributed by atoms with E-state index in [1.165, 1.54) is 13.2 Å². The molecule has 0 radical (unpaired) electrons. The Labute approximate surface area is 250 Å². The maximum absolute atomic E-state index is 14.4. The molecule has 0 fully saturated rings. The molecular weight excluding hydrogens is 573 g/mol. The molecule has 226 valence electrons. The van der Waals surface area contributed by atoms with Gasteiger partial charge in [-0.25, -0.2) is 9.78 Å². The molecule has 0 unspecified atom stereocenters. The summed E-state index contributed by atoms with van der Waals surface area (Å²) in [4.78, 5) is 37.7. The molecule has 1 aliphatic rings. The monoisotopic (exact) mass is 602 g/mol. The number of imidazole rings is 1. The first kappa shape index (κ1) is 29.1. The molecule has 0 saturated carbocycles. The lowest BCUT2D eigenvalue weighted by Crippen LogP contribution is -2.38. The molecule has 0 atom stereocenters. The summed E-state index contributed by atoms with van der Waals surface area (Å²) in [5, 5.41) is 4.22. The number of ether oxygens (including phenoxy) is 1. The highest BCUT2D eigenvalue weighted by molar-refractivity contribution is 6.17. The average Bonchev–Trinajstić information content (AvgIpc) is 3.66. The normalized spacial score (nSPS) is 13.4. The van der Waals surface area contributed by atoms with Crippen LogP contribution in [-0.2, 0) is 37.3 Å². The lowest BCUT2D eigenvalue weighted by atomic mass is 9.87. The molecule has 9 nitrogen and oxygen atoms in total. The third kappa shape index (κ3) is 5.10. The summed E-state index contributed by atoms with van der Waals surface area (Å²) >= 11 is 0. The van der Waals surface area contributed by atoms with Crippen LogP contribution in [0.1, 0.15) is 56.9 Å². The minimum absolute atomic E-state index is 0.0865. The number of benzene rings is 2. The summed E-state index contributed by atoms with van der Waals surface area (Å²) in [6.07, 6.45) is 4.01. The van der Waals surface area contributed by atoms with Crippen molar-refractivity contribution in [1.82, 2.24) is 24.3 Å². The van der Waals surface area contributed by atoms with Gasteiger partial charge in [0.2, 0.25) is 0 Å². The third-order valence-corrected chi connectivity index (χ3v) is 7.81. The third-order valence-electron chi connectivity index (χ3n) is 7.81. The first-order valence-electron chi connectivity index (χ1n) is 14.2. The highest BCUT2D eigenvalue weighted by atomic mass is 19.4. The molecule has 0 N–H and O–H groups in total. The van der Waals surface area contributed by atoms with E-state index in [0.29, 0.717) is 51.8 Å². The molecule has 0 saturated heterocycles. The smallest absolute Gasteiger partial charge is 0.435 e. The van der Waals surface area contributed by atoms with Gasteiger partial charge in [0.25, 0.3) is 5.91 Å². The number of rotatable bonds is 7. The number of pyridine rings is 1. The first-order valence-corrected chi connectivity index (χ1v) is 14.2. The molecule has 4 heterocycles. The lowest BCUT2D eigenvalue weighted by Gasteiger charge is -2.32. The Bertz CT molecular complexity index is 1900. The van der Waals surface area contributed by atoms with E-state index in [2.05, 4.69) is 15.1 Å². The fourth-order valence-electron chi connectivity index (χ4n) is 5.94. The van der Waals surface area contributed by atoms with E-state index in [-0.39, 0.29) is 36.6 Å². The summed E-state index contributed by atoms with van der Waals surface area (Å²) in [6.45, 7) is 4.31. The fourth-order valence-corrected chi connectivity index (χ4v) is 5.94. The van der Waals surface area contributed by atoms with Crippen LogP contribution in [-0.4, -0.2) is 49.3 Å². The van der Waals surface area contributed by atoms with Gasteiger partial charge in [-0.2, -0.15) is 18.3 Å². The zero-order valence-corrected chi connectivity index (χ0v) is 24.4. The van der Waals surface area contributed by atoms with Crippen LogP contribution in [0.3, 0.4) is 0 Å². The number of carbonyl (C=O) groups excluding carboxylic acids is 2. The minimum Gasteiger partial charge on any atom is -0.462 e. The molecule has 1 amide bonds. The molecule has 0 aliphatic carbocycles. The number of aryl methyl sites for hydroxylation is 2. The van der Waals surface area contributed by atoms with E-state index in [9.17, 15) is 22.8 Å². The second-order valence-corrected chi connectivity index (χ2v) is 10.6. The number of aromatic nitrogens is 5. The minimum atomic E-state index is -4.69. The number of nitrogens with zero attached hydrogens (tertiary/aromatic N) is 6. The molecule has 6 rings (SSSR count). The van der Waals surface area contributed by atoms with Crippen LogP contribution in [0, 0.1) is 0 Å². The van der Waals surface area contributed by atoms with E-state index < -0.39 is 17.8 Å². The summed E-state index contributed by atoms with van der Waals surface area (Å²) in [6, 6.07) is 8.75. The standard InChI is InChI=1S/C32H29F3N6O3/c1-4-20-6-7-25-28(27(20)31(43)44-5-2)26(8-10-37-25)41-12-9-21-22(24-17-39(3)38-29(24)32(33,34)35)14-19(15-23(21)30(41)42)16-40-13-11-36-18-40/h6-8,10-11,13-15,17-18H,4-5,9,12,16H2,1-3H3. The van der Waals surface area contributed by atoms with Gasteiger partial charge in [-0.3, -0.25) is 14.5 Å². The van der Waals surface area contributed by atoms with Crippen molar-refractivity contribution in [3.8, 4) is 11.1 Å². The number of hydrogen-bond donors (Lipinski definition) is 0. The van der Waals surface area contributed by atoms with E-state index in [1.54, 1.807) is 59.5 Å². The van der Waals surface area contributed by atoms with E-state index in [4.69, 9.17) is 4.74 Å². The summed E-state index contributed by atoms with van der Waals surface area (Å²) in [7, 11) is 1.44. The van der Waals surface area contributed by atoms with Gasteiger partial charge < -0.3 is 14.2 Å². The Hall–Kier alpha value is -5.00. The zero-order valence-electron chi connectivity index (χ0n) is 24.4. The van der Waals surface area contributed by atoms with E-state index >= 15 is 0 Å². The molecule has 2 aromatic carbocycles. The fraction of sp³-hybridized carbons (Fsp3) is 0.281. The van der Waals surface area contributed by atoms with Crippen molar-refractivity contribution in [3.05, 3.63) is 95.0 Å². The molecular formula is C32H29F3N6O3. The van der Waals surface area contributed by atoms with Gasteiger partial charge in [0.1, 0.15) is 0 Å². The Morgan fingerprint density at radius 1 is 1.07 bits per heavy atom. The molecule has 1 aliphatic heterocycles. The number of hydrogen-bond acceptors (Lipinski definition) is 6. The van der Waals surface area contributed by atoms with Crippen molar-refractivity contribution in [2.24, 2.45) is 7.05 Å². The second kappa shape index (κ2) is 11.3. The second-order valence-electron chi connectivity index (χ2n) is 10.6. The maximum atomic E-state index is 14.4. The van der Waals surface area contributed by atoms with Crippen LogP contribution in [0.2, 0.25) is 0 Å². The van der Waals surface area contributed by atoms with Crippen LogP contribution in [0.4, 0.5) is 18.9 Å². The quantitative estimate of drug-likeness (QED) is 0.217. The number of halogens is 3. The summed E-state index contributed by atoms with van der Waals surface area (Å²) < 4.78 is 50.6.